The van der Waals surface area contributed by atoms with Crippen LogP contribution >= 0.6 is 0 Å². The van der Waals surface area contributed by atoms with Gasteiger partial charge in [0.25, 0.3) is 0 Å². The summed E-state index contributed by atoms with van der Waals surface area (Å²) in [5, 5.41) is 12.4. The number of nitrogens with zero attached hydrogens (tertiary/aromatic N) is 1. The van der Waals surface area contributed by atoms with Gasteiger partial charge >= 0.3 is 5.97 Å². The molecule has 1 aliphatic heterocycles. The predicted octanol–water partition coefficient (Wildman–Crippen LogP) is 1.70. The van der Waals surface area contributed by atoms with Crippen molar-refractivity contribution in [2.75, 3.05) is 19.6 Å². The Morgan fingerprint density at radius 1 is 1.39 bits per heavy atom. The highest BCUT2D eigenvalue weighted by atomic mass is 16.4. The molecule has 3 unspecified atom stereocenters. The van der Waals surface area contributed by atoms with E-state index < -0.39 is 12.0 Å². The molecule has 0 radical (unpaired) electrons. The van der Waals surface area contributed by atoms with Crippen LogP contribution in [0.2, 0.25) is 0 Å². The van der Waals surface area contributed by atoms with Gasteiger partial charge in [0.2, 0.25) is 0 Å². The Balaban J connectivity index is 1.90. The molecule has 0 aromatic rings. The predicted molar refractivity (Wildman–Crippen MR) is 71.7 cm³/mol. The Bertz CT molecular complexity index is 283. The van der Waals surface area contributed by atoms with E-state index in [2.05, 4.69) is 17.1 Å². The molecule has 4 heteroatoms. The summed E-state index contributed by atoms with van der Waals surface area (Å²) in [6.45, 7) is 4.62. The number of rotatable bonds is 6. The first-order valence-electron chi connectivity index (χ1n) is 7.42. The molecule has 2 aliphatic rings. The van der Waals surface area contributed by atoms with Gasteiger partial charge in [0.1, 0.15) is 6.04 Å². The summed E-state index contributed by atoms with van der Waals surface area (Å²) < 4.78 is 0. The number of carboxylic acid groups (broad SMARTS) is 1. The molecule has 1 saturated carbocycles. The number of hydrogen-bond acceptors (Lipinski definition) is 3. The third kappa shape index (κ3) is 3.23. The molecular weight excluding hydrogens is 228 g/mol. The molecule has 2 N–H and O–H groups in total. The van der Waals surface area contributed by atoms with Crippen LogP contribution in [0.3, 0.4) is 0 Å². The standard InChI is InChI=1S/C14H26N2O2/c1-2-8-15-12(14(17)18)10-16-9-4-6-11-5-3-7-13(11)16/h11-13,15H,2-10H2,1H3,(H,17,18). The van der Waals surface area contributed by atoms with E-state index in [1.54, 1.807) is 0 Å². The van der Waals surface area contributed by atoms with Crippen molar-refractivity contribution in [3.63, 3.8) is 0 Å². The van der Waals surface area contributed by atoms with E-state index in [1.165, 1.54) is 32.1 Å². The van der Waals surface area contributed by atoms with E-state index in [4.69, 9.17) is 0 Å². The summed E-state index contributed by atoms with van der Waals surface area (Å²) in [6.07, 6.45) is 7.51. The molecule has 0 aromatic heterocycles. The van der Waals surface area contributed by atoms with Gasteiger partial charge in [-0.3, -0.25) is 9.69 Å². The fourth-order valence-electron chi connectivity index (χ4n) is 3.57. The van der Waals surface area contributed by atoms with E-state index in [-0.39, 0.29) is 0 Å². The van der Waals surface area contributed by atoms with Crippen LogP contribution in [0.5, 0.6) is 0 Å². The second kappa shape index (κ2) is 6.53. The zero-order valence-electron chi connectivity index (χ0n) is 11.4. The average molecular weight is 254 g/mol. The molecule has 2 fully saturated rings. The number of hydrogen-bond donors (Lipinski definition) is 2. The van der Waals surface area contributed by atoms with Crippen LogP contribution < -0.4 is 5.32 Å². The molecule has 3 atom stereocenters. The average Bonchev–Trinajstić information content (AvgIpc) is 2.83. The Hall–Kier alpha value is -0.610. The van der Waals surface area contributed by atoms with Crippen molar-refractivity contribution in [3.8, 4) is 0 Å². The second-order valence-electron chi connectivity index (χ2n) is 5.74. The molecule has 1 heterocycles. The first-order valence-corrected chi connectivity index (χ1v) is 7.42. The van der Waals surface area contributed by atoms with Crippen LogP contribution in [0.1, 0.15) is 45.4 Å². The van der Waals surface area contributed by atoms with Crippen molar-refractivity contribution in [3.05, 3.63) is 0 Å². The number of piperidine rings is 1. The maximum absolute atomic E-state index is 11.3. The highest BCUT2D eigenvalue weighted by Crippen LogP contribution is 2.36. The zero-order valence-corrected chi connectivity index (χ0v) is 11.4. The first-order chi connectivity index (χ1) is 8.72. The van der Waals surface area contributed by atoms with Crippen LogP contribution in [0, 0.1) is 5.92 Å². The Kier molecular flexibility index (Phi) is 5.01. The molecule has 18 heavy (non-hydrogen) atoms. The van der Waals surface area contributed by atoms with Gasteiger partial charge in [0.15, 0.2) is 0 Å². The van der Waals surface area contributed by atoms with Gasteiger partial charge in [-0.2, -0.15) is 0 Å². The molecule has 1 aliphatic carbocycles. The molecule has 0 aromatic carbocycles. The van der Waals surface area contributed by atoms with Crippen LogP contribution in [-0.4, -0.2) is 47.7 Å². The molecule has 4 nitrogen and oxygen atoms in total. The number of likely N-dealkylation sites (tertiary alicyclic amines) is 1. The summed E-state index contributed by atoms with van der Waals surface area (Å²) in [7, 11) is 0. The van der Waals surface area contributed by atoms with Crippen LogP contribution in [0.4, 0.5) is 0 Å². The summed E-state index contributed by atoms with van der Waals surface area (Å²) in [5.41, 5.74) is 0. The lowest BCUT2D eigenvalue weighted by atomic mass is 9.91. The largest absolute Gasteiger partial charge is 0.480 e. The number of nitrogens with one attached hydrogen (secondary N) is 1. The van der Waals surface area contributed by atoms with Gasteiger partial charge in [-0.05, 0) is 51.1 Å². The molecular formula is C14H26N2O2. The van der Waals surface area contributed by atoms with Crippen molar-refractivity contribution in [2.24, 2.45) is 5.92 Å². The zero-order chi connectivity index (χ0) is 13.0. The summed E-state index contributed by atoms with van der Waals surface area (Å²) in [6, 6.07) is 0.258. The van der Waals surface area contributed by atoms with Gasteiger partial charge < -0.3 is 10.4 Å². The number of aliphatic carboxylic acids is 1. The van der Waals surface area contributed by atoms with Crippen molar-refractivity contribution < 1.29 is 9.90 Å². The fourth-order valence-corrected chi connectivity index (χ4v) is 3.57. The van der Waals surface area contributed by atoms with Crippen molar-refractivity contribution in [2.45, 2.75) is 57.5 Å². The lowest BCUT2D eigenvalue weighted by molar-refractivity contribution is -0.140. The fraction of sp³-hybridized carbons (Fsp3) is 0.929. The van der Waals surface area contributed by atoms with Gasteiger partial charge in [-0.25, -0.2) is 0 Å². The monoisotopic (exact) mass is 254 g/mol. The quantitative estimate of drug-likeness (QED) is 0.757. The maximum Gasteiger partial charge on any atom is 0.322 e. The molecule has 1 saturated heterocycles. The van der Waals surface area contributed by atoms with Crippen molar-refractivity contribution >= 4 is 5.97 Å². The first kappa shape index (κ1) is 13.8. The molecule has 0 amide bonds. The SMILES string of the molecule is CCCNC(CN1CCCC2CCCC21)C(=O)O. The third-order valence-electron chi connectivity index (χ3n) is 4.46. The Labute approximate surface area is 110 Å². The number of carboxylic acids is 1. The van der Waals surface area contributed by atoms with E-state index in [0.29, 0.717) is 12.6 Å². The number of fused-ring (bicyclic) bond motifs is 1. The summed E-state index contributed by atoms with van der Waals surface area (Å²) in [5.74, 6) is 0.128. The number of carbonyl (C=O) groups is 1. The highest BCUT2D eigenvalue weighted by Gasteiger charge is 2.36. The third-order valence-corrected chi connectivity index (χ3v) is 4.46. The normalized spacial score (nSPS) is 30.1. The van der Waals surface area contributed by atoms with Gasteiger partial charge in [0.05, 0.1) is 0 Å². The van der Waals surface area contributed by atoms with E-state index >= 15 is 0 Å². The van der Waals surface area contributed by atoms with Crippen molar-refractivity contribution in [1.82, 2.24) is 10.2 Å². The minimum Gasteiger partial charge on any atom is -0.480 e. The second-order valence-corrected chi connectivity index (χ2v) is 5.74. The molecule has 2 rings (SSSR count). The smallest absolute Gasteiger partial charge is 0.322 e. The van der Waals surface area contributed by atoms with E-state index in [1.807, 2.05) is 0 Å². The van der Waals surface area contributed by atoms with Crippen LogP contribution in [-0.2, 0) is 4.79 Å². The minimum atomic E-state index is -0.705. The Morgan fingerprint density at radius 2 is 2.17 bits per heavy atom. The molecule has 0 spiro atoms. The summed E-state index contributed by atoms with van der Waals surface area (Å²) in [4.78, 5) is 13.7. The van der Waals surface area contributed by atoms with Gasteiger partial charge in [-0.1, -0.05) is 13.3 Å². The highest BCUT2D eigenvalue weighted by molar-refractivity contribution is 5.73. The van der Waals surface area contributed by atoms with E-state index in [9.17, 15) is 9.90 Å². The maximum atomic E-state index is 11.3. The van der Waals surface area contributed by atoms with Gasteiger partial charge in [-0.15, -0.1) is 0 Å². The lowest BCUT2D eigenvalue weighted by Gasteiger charge is -2.39. The minimum absolute atomic E-state index is 0.399. The Morgan fingerprint density at radius 3 is 2.89 bits per heavy atom. The van der Waals surface area contributed by atoms with Gasteiger partial charge in [0, 0.05) is 12.6 Å². The van der Waals surface area contributed by atoms with E-state index in [0.717, 1.165) is 25.4 Å². The molecule has 104 valence electrons. The lowest BCUT2D eigenvalue weighted by Crippen LogP contribution is -2.52. The molecule has 0 bridgehead atoms. The van der Waals surface area contributed by atoms with Crippen LogP contribution in [0.25, 0.3) is 0 Å². The van der Waals surface area contributed by atoms with Crippen LogP contribution in [0.15, 0.2) is 0 Å². The summed E-state index contributed by atoms with van der Waals surface area (Å²) >= 11 is 0. The topological polar surface area (TPSA) is 52.6 Å². The van der Waals surface area contributed by atoms with Crippen molar-refractivity contribution in [1.29, 1.82) is 0 Å².